The lowest BCUT2D eigenvalue weighted by molar-refractivity contribution is -0.117. The van der Waals surface area contributed by atoms with Gasteiger partial charge in [0.25, 0.3) is 0 Å². The van der Waals surface area contributed by atoms with E-state index in [2.05, 4.69) is 0 Å². The molecule has 1 fully saturated rings. The van der Waals surface area contributed by atoms with Gasteiger partial charge in [0.2, 0.25) is 0 Å². The Morgan fingerprint density at radius 1 is 1.43 bits per heavy atom. The van der Waals surface area contributed by atoms with Gasteiger partial charge in [0.1, 0.15) is 11.6 Å². The lowest BCUT2D eigenvalue weighted by Crippen LogP contribution is -1.94. The van der Waals surface area contributed by atoms with Crippen LogP contribution in [0.2, 0.25) is 5.02 Å². The predicted molar refractivity (Wildman–Crippen MR) is 53.0 cm³/mol. The van der Waals surface area contributed by atoms with Gasteiger partial charge >= 0.3 is 0 Å². The Morgan fingerprint density at radius 2 is 2.21 bits per heavy atom. The first-order valence-electron chi connectivity index (χ1n) is 4.63. The van der Waals surface area contributed by atoms with Crippen molar-refractivity contribution in [3.8, 4) is 0 Å². The third kappa shape index (κ3) is 1.80. The van der Waals surface area contributed by atoms with Gasteiger partial charge in [-0.2, -0.15) is 0 Å². The first kappa shape index (κ1) is 9.66. The van der Waals surface area contributed by atoms with Gasteiger partial charge in [-0.15, -0.1) is 0 Å². The van der Waals surface area contributed by atoms with Crippen LogP contribution >= 0.6 is 11.6 Å². The molecule has 0 heterocycles. The highest BCUT2D eigenvalue weighted by molar-refractivity contribution is 6.30. The molecule has 0 unspecified atom stereocenters. The van der Waals surface area contributed by atoms with Gasteiger partial charge in [-0.3, -0.25) is 4.79 Å². The molecule has 1 atom stereocenters. The molecule has 0 saturated heterocycles. The minimum atomic E-state index is -0.403. The minimum Gasteiger partial charge on any atom is -0.300 e. The number of carbonyl (C=O) groups excluding carboxylic acids is 1. The number of ketones is 1. The van der Waals surface area contributed by atoms with E-state index in [4.69, 9.17) is 11.6 Å². The van der Waals surface area contributed by atoms with Crippen LogP contribution < -0.4 is 0 Å². The summed E-state index contributed by atoms with van der Waals surface area (Å²) in [7, 11) is 0. The SMILES string of the molecule is O=C1CC[C@H](c2ccc(F)c(Cl)c2)C1. The van der Waals surface area contributed by atoms with Crippen LogP contribution in [0.3, 0.4) is 0 Å². The van der Waals surface area contributed by atoms with Crippen molar-refractivity contribution in [1.29, 1.82) is 0 Å². The Kier molecular flexibility index (Phi) is 2.55. The standard InChI is InChI=1S/C11H10ClFO/c12-10-6-8(2-4-11(10)13)7-1-3-9(14)5-7/h2,4,6-7H,1,3,5H2/t7-/m0/s1. The molecule has 0 N–H and O–H groups in total. The summed E-state index contributed by atoms with van der Waals surface area (Å²) in [5.74, 6) is 0.121. The van der Waals surface area contributed by atoms with Crippen molar-refractivity contribution in [3.05, 3.63) is 34.6 Å². The van der Waals surface area contributed by atoms with Gasteiger partial charge in [0.15, 0.2) is 0 Å². The number of benzene rings is 1. The van der Waals surface area contributed by atoms with Gasteiger partial charge < -0.3 is 0 Å². The van der Waals surface area contributed by atoms with Crippen molar-refractivity contribution < 1.29 is 9.18 Å². The van der Waals surface area contributed by atoms with E-state index in [-0.39, 0.29) is 16.7 Å². The number of rotatable bonds is 1. The normalized spacial score (nSPS) is 21.6. The average Bonchev–Trinajstić information content (AvgIpc) is 2.57. The zero-order valence-electron chi connectivity index (χ0n) is 7.59. The fourth-order valence-corrected chi connectivity index (χ4v) is 2.05. The highest BCUT2D eigenvalue weighted by Gasteiger charge is 2.23. The Labute approximate surface area is 86.9 Å². The van der Waals surface area contributed by atoms with E-state index in [1.165, 1.54) is 6.07 Å². The second-order valence-corrected chi connectivity index (χ2v) is 4.06. The second kappa shape index (κ2) is 3.70. The zero-order chi connectivity index (χ0) is 10.1. The topological polar surface area (TPSA) is 17.1 Å². The van der Waals surface area contributed by atoms with Gasteiger partial charge in [0, 0.05) is 12.8 Å². The minimum absolute atomic E-state index is 0.141. The van der Waals surface area contributed by atoms with Crippen molar-refractivity contribution in [2.24, 2.45) is 0 Å². The van der Waals surface area contributed by atoms with Crippen LogP contribution in [0.25, 0.3) is 0 Å². The molecular formula is C11H10ClFO. The fraction of sp³-hybridized carbons (Fsp3) is 0.364. The molecule has 1 aromatic rings. The smallest absolute Gasteiger partial charge is 0.141 e. The summed E-state index contributed by atoms with van der Waals surface area (Å²) in [6.07, 6.45) is 2.07. The van der Waals surface area contributed by atoms with Crippen molar-refractivity contribution >= 4 is 17.4 Å². The Morgan fingerprint density at radius 3 is 2.79 bits per heavy atom. The van der Waals surface area contributed by atoms with E-state index in [9.17, 15) is 9.18 Å². The molecule has 0 amide bonds. The van der Waals surface area contributed by atoms with E-state index in [0.717, 1.165) is 12.0 Å². The van der Waals surface area contributed by atoms with Crippen LogP contribution in [0, 0.1) is 5.82 Å². The van der Waals surface area contributed by atoms with Crippen LogP contribution in [-0.2, 0) is 4.79 Å². The second-order valence-electron chi connectivity index (χ2n) is 3.65. The van der Waals surface area contributed by atoms with Gasteiger partial charge in [-0.25, -0.2) is 4.39 Å². The van der Waals surface area contributed by atoms with E-state index in [0.29, 0.717) is 12.8 Å². The van der Waals surface area contributed by atoms with Crippen LogP contribution in [0.1, 0.15) is 30.7 Å². The molecule has 0 radical (unpaired) electrons. The Bertz CT molecular complexity index is 376. The molecule has 0 bridgehead atoms. The summed E-state index contributed by atoms with van der Waals surface area (Å²) < 4.78 is 12.9. The maximum absolute atomic E-state index is 12.9. The summed E-state index contributed by atoms with van der Waals surface area (Å²) in [6.45, 7) is 0. The molecule has 0 spiro atoms. The highest BCUT2D eigenvalue weighted by atomic mass is 35.5. The van der Waals surface area contributed by atoms with Gasteiger partial charge in [-0.05, 0) is 30.0 Å². The van der Waals surface area contributed by atoms with Crippen LogP contribution in [0.4, 0.5) is 4.39 Å². The molecule has 1 aliphatic carbocycles. The average molecular weight is 213 g/mol. The maximum atomic E-state index is 12.9. The van der Waals surface area contributed by atoms with E-state index < -0.39 is 5.82 Å². The number of hydrogen-bond donors (Lipinski definition) is 0. The quantitative estimate of drug-likeness (QED) is 0.698. The third-order valence-electron chi connectivity index (χ3n) is 2.66. The molecule has 3 heteroatoms. The summed E-state index contributed by atoms with van der Waals surface area (Å²) in [5, 5.41) is 0.141. The van der Waals surface area contributed by atoms with Crippen molar-refractivity contribution in [2.75, 3.05) is 0 Å². The van der Waals surface area contributed by atoms with Crippen LogP contribution in [0.15, 0.2) is 18.2 Å². The summed E-state index contributed by atoms with van der Waals surface area (Å²) in [4.78, 5) is 11.1. The summed E-state index contributed by atoms with van der Waals surface area (Å²) in [6, 6.07) is 4.70. The van der Waals surface area contributed by atoms with E-state index in [1.807, 2.05) is 0 Å². The van der Waals surface area contributed by atoms with Crippen molar-refractivity contribution in [1.82, 2.24) is 0 Å². The Hall–Kier alpha value is -0.890. The summed E-state index contributed by atoms with van der Waals surface area (Å²) >= 11 is 5.67. The molecule has 1 saturated carbocycles. The van der Waals surface area contributed by atoms with Gasteiger partial charge in [-0.1, -0.05) is 17.7 Å². The number of halogens is 2. The van der Waals surface area contributed by atoms with Crippen LogP contribution in [0.5, 0.6) is 0 Å². The first-order valence-corrected chi connectivity index (χ1v) is 5.01. The maximum Gasteiger partial charge on any atom is 0.141 e. The van der Waals surface area contributed by atoms with Gasteiger partial charge in [0.05, 0.1) is 5.02 Å². The number of hydrogen-bond acceptors (Lipinski definition) is 1. The number of Topliss-reactive ketones (excluding diaryl/α,β-unsaturated/α-hetero) is 1. The third-order valence-corrected chi connectivity index (χ3v) is 2.95. The van der Waals surface area contributed by atoms with Crippen molar-refractivity contribution in [3.63, 3.8) is 0 Å². The number of carbonyl (C=O) groups is 1. The van der Waals surface area contributed by atoms with Crippen molar-refractivity contribution in [2.45, 2.75) is 25.2 Å². The predicted octanol–water partition coefficient (Wildman–Crippen LogP) is 3.32. The highest BCUT2D eigenvalue weighted by Crippen LogP contribution is 2.33. The largest absolute Gasteiger partial charge is 0.300 e. The first-order chi connectivity index (χ1) is 6.66. The molecule has 0 aliphatic heterocycles. The lowest BCUT2D eigenvalue weighted by atomic mass is 9.98. The monoisotopic (exact) mass is 212 g/mol. The molecular weight excluding hydrogens is 203 g/mol. The zero-order valence-corrected chi connectivity index (χ0v) is 8.35. The van der Waals surface area contributed by atoms with E-state index >= 15 is 0 Å². The fourth-order valence-electron chi connectivity index (χ4n) is 1.86. The molecule has 1 aromatic carbocycles. The Balaban J connectivity index is 2.24. The molecule has 2 rings (SSSR count). The molecule has 74 valence electrons. The molecule has 1 aliphatic rings. The van der Waals surface area contributed by atoms with E-state index in [1.54, 1.807) is 12.1 Å². The summed E-state index contributed by atoms with van der Waals surface area (Å²) in [5.41, 5.74) is 0.974. The lowest BCUT2D eigenvalue weighted by Gasteiger charge is -2.08. The molecule has 1 nitrogen and oxygen atoms in total. The van der Waals surface area contributed by atoms with Crippen LogP contribution in [-0.4, -0.2) is 5.78 Å². The molecule has 0 aromatic heterocycles. The molecule has 14 heavy (non-hydrogen) atoms.